The Labute approximate surface area is 122 Å². The van der Waals surface area contributed by atoms with Crippen molar-refractivity contribution in [3.8, 4) is 28.4 Å². The van der Waals surface area contributed by atoms with E-state index >= 15 is 0 Å². The van der Waals surface area contributed by atoms with E-state index in [2.05, 4.69) is 0 Å². The zero-order valence-electron chi connectivity index (χ0n) is 12.0. The van der Waals surface area contributed by atoms with Crippen LogP contribution in [0.1, 0.15) is 10.4 Å². The average Bonchev–Trinajstić information content (AvgIpc) is 2.53. The summed E-state index contributed by atoms with van der Waals surface area (Å²) in [5.74, 6) is 0.404. The van der Waals surface area contributed by atoms with Gasteiger partial charge in [0.25, 0.3) is 0 Å². The fraction of sp³-hybridized carbons (Fsp3) is 0.188. The van der Waals surface area contributed by atoms with Crippen LogP contribution in [0.5, 0.6) is 17.2 Å². The molecule has 0 aliphatic rings. The highest BCUT2D eigenvalue weighted by atomic mass is 19.1. The third kappa shape index (κ3) is 2.67. The second kappa shape index (κ2) is 6.26. The fourth-order valence-electron chi connectivity index (χ4n) is 2.10. The minimum atomic E-state index is -0.532. The Bertz CT molecular complexity index is 668. The van der Waals surface area contributed by atoms with Gasteiger partial charge in [0.05, 0.1) is 21.3 Å². The normalized spacial score (nSPS) is 10.1. The largest absolute Gasteiger partial charge is 0.494 e. The van der Waals surface area contributed by atoms with Crippen molar-refractivity contribution in [3.63, 3.8) is 0 Å². The maximum Gasteiger partial charge on any atom is 0.172 e. The lowest BCUT2D eigenvalue weighted by atomic mass is 9.98. The molecular weight excluding hydrogens is 275 g/mol. The van der Waals surface area contributed by atoms with Crippen LogP contribution in [-0.4, -0.2) is 27.6 Å². The summed E-state index contributed by atoms with van der Waals surface area (Å²) in [6, 6.07) is 7.83. The third-order valence-electron chi connectivity index (χ3n) is 3.16. The van der Waals surface area contributed by atoms with Crippen LogP contribution in [0.25, 0.3) is 11.1 Å². The molecule has 0 fully saturated rings. The van der Waals surface area contributed by atoms with Crippen LogP contribution in [0.2, 0.25) is 0 Å². The topological polar surface area (TPSA) is 44.8 Å². The summed E-state index contributed by atoms with van der Waals surface area (Å²) in [7, 11) is 4.33. The van der Waals surface area contributed by atoms with E-state index in [9.17, 15) is 9.18 Å². The molecule has 0 aliphatic heterocycles. The van der Waals surface area contributed by atoms with Crippen LogP contribution >= 0.6 is 0 Å². The number of carbonyl (C=O) groups is 1. The van der Waals surface area contributed by atoms with E-state index in [0.717, 1.165) is 0 Å². The van der Waals surface area contributed by atoms with E-state index in [1.165, 1.54) is 33.5 Å². The molecule has 0 spiro atoms. The van der Waals surface area contributed by atoms with Crippen molar-refractivity contribution >= 4 is 6.29 Å². The number of rotatable bonds is 5. The molecule has 21 heavy (non-hydrogen) atoms. The number of hydrogen-bond acceptors (Lipinski definition) is 4. The first-order valence-electron chi connectivity index (χ1n) is 6.20. The third-order valence-corrected chi connectivity index (χ3v) is 3.16. The predicted octanol–water partition coefficient (Wildman–Crippen LogP) is 3.33. The van der Waals surface area contributed by atoms with Crippen molar-refractivity contribution < 1.29 is 23.4 Å². The van der Waals surface area contributed by atoms with Crippen molar-refractivity contribution in [2.45, 2.75) is 0 Å². The maximum atomic E-state index is 14.4. The van der Waals surface area contributed by atoms with E-state index in [0.29, 0.717) is 28.9 Å². The minimum Gasteiger partial charge on any atom is -0.494 e. The Balaban J connectivity index is 2.71. The monoisotopic (exact) mass is 290 g/mol. The predicted molar refractivity (Wildman–Crippen MR) is 76.9 cm³/mol. The molecule has 4 nitrogen and oxygen atoms in total. The van der Waals surface area contributed by atoms with Gasteiger partial charge in [-0.25, -0.2) is 4.39 Å². The Hall–Kier alpha value is -2.56. The highest BCUT2D eigenvalue weighted by Crippen LogP contribution is 2.37. The number of ether oxygens (including phenoxy) is 3. The number of aldehydes is 1. The first kappa shape index (κ1) is 14.8. The summed E-state index contributed by atoms with van der Waals surface area (Å²) in [6.45, 7) is 0. The molecule has 110 valence electrons. The van der Waals surface area contributed by atoms with Crippen molar-refractivity contribution in [1.82, 2.24) is 0 Å². The van der Waals surface area contributed by atoms with E-state index < -0.39 is 5.82 Å². The quantitative estimate of drug-likeness (QED) is 0.792. The molecule has 0 heterocycles. The molecule has 2 aromatic rings. The lowest BCUT2D eigenvalue weighted by molar-refractivity contribution is 0.112. The molecule has 2 rings (SSSR count). The van der Waals surface area contributed by atoms with Gasteiger partial charge in [-0.15, -0.1) is 0 Å². The Morgan fingerprint density at radius 2 is 1.52 bits per heavy atom. The van der Waals surface area contributed by atoms with Gasteiger partial charge in [0.1, 0.15) is 0 Å². The Morgan fingerprint density at radius 3 is 2.10 bits per heavy atom. The van der Waals surface area contributed by atoms with E-state index in [1.54, 1.807) is 18.2 Å². The van der Waals surface area contributed by atoms with Gasteiger partial charge in [-0.1, -0.05) is 12.1 Å². The van der Waals surface area contributed by atoms with Crippen molar-refractivity contribution in [2.75, 3.05) is 21.3 Å². The molecule has 0 radical (unpaired) electrons. The van der Waals surface area contributed by atoms with Gasteiger partial charge >= 0.3 is 0 Å². The average molecular weight is 290 g/mol. The Morgan fingerprint density at radius 1 is 0.905 bits per heavy atom. The smallest absolute Gasteiger partial charge is 0.172 e. The summed E-state index contributed by atoms with van der Waals surface area (Å²) in [4.78, 5) is 11.3. The van der Waals surface area contributed by atoms with Gasteiger partial charge in [-0.2, -0.15) is 0 Å². The second-order valence-electron chi connectivity index (χ2n) is 4.23. The van der Waals surface area contributed by atoms with Crippen LogP contribution in [0, 0.1) is 5.82 Å². The summed E-state index contributed by atoms with van der Waals surface area (Å²) >= 11 is 0. The molecule has 0 unspecified atom stereocenters. The number of methoxy groups -OCH3 is 3. The maximum absolute atomic E-state index is 14.4. The molecule has 0 bridgehead atoms. The zero-order chi connectivity index (χ0) is 15.4. The van der Waals surface area contributed by atoms with Gasteiger partial charge in [0, 0.05) is 11.1 Å². The summed E-state index contributed by atoms with van der Waals surface area (Å²) in [5, 5.41) is 0. The highest BCUT2D eigenvalue weighted by molar-refractivity contribution is 5.89. The van der Waals surface area contributed by atoms with Crippen molar-refractivity contribution in [3.05, 3.63) is 41.7 Å². The lowest BCUT2D eigenvalue weighted by Crippen LogP contribution is -1.98. The van der Waals surface area contributed by atoms with Crippen LogP contribution in [0.15, 0.2) is 30.3 Å². The second-order valence-corrected chi connectivity index (χ2v) is 4.23. The molecule has 0 atom stereocenters. The Kier molecular flexibility index (Phi) is 4.42. The SMILES string of the molecule is COc1cc(C=O)c(-c2cccc(OC)c2F)cc1OC. The van der Waals surface area contributed by atoms with Crippen LogP contribution < -0.4 is 14.2 Å². The molecule has 0 amide bonds. The summed E-state index contributed by atoms with van der Waals surface area (Å²) in [5.41, 5.74) is 0.983. The van der Waals surface area contributed by atoms with Gasteiger partial charge < -0.3 is 14.2 Å². The lowest BCUT2D eigenvalue weighted by Gasteiger charge is -2.13. The first-order valence-corrected chi connectivity index (χ1v) is 6.20. The van der Waals surface area contributed by atoms with Gasteiger partial charge in [-0.05, 0) is 23.8 Å². The van der Waals surface area contributed by atoms with Crippen LogP contribution in [0.4, 0.5) is 4.39 Å². The standard InChI is InChI=1S/C16H15FO4/c1-19-13-6-4-5-11(16(13)17)12-8-15(21-3)14(20-2)7-10(12)9-18/h4-9H,1-3H3. The van der Waals surface area contributed by atoms with Gasteiger partial charge in [0.2, 0.25) is 0 Å². The minimum absolute atomic E-state index is 0.110. The zero-order valence-corrected chi connectivity index (χ0v) is 12.0. The van der Waals surface area contributed by atoms with Crippen LogP contribution in [-0.2, 0) is 0 Å². The number of carbonyl (C=O) groups excluding carboxylic acids is 1. The summed E-state index contributed by atoms with van der Waals surface area (Å²) in [6.07, 6.45) is 0.649. The molecule has 0 aromatic heterocycles. The molecule has 0 N–H and O–H groups in total. The number of hydrogen-bond donors (Lipinski definition) is 0. The molecule has 0 saturated carbocycles. The van der Waals surface area contributed by atoms with E-state index in [1.807, 2.05) is 0 Å². The van der Waals surface area contributed by atoms with E-state index in [-0.39, 0.29) is 11.3 Å². The van der Waals surface area contributed by atoms with Crippen molar-refractivity contribution in [2.24, 2.45) is 0 Å². The molecule has 0 aliphatic carbocycles. The van der Waals surface area contributed by atoms with Crippen molar-refractivity contribution in [1.29, 1.82) is 0 Å². The highest BCUT2D eigenvalue weighted by Gasteiger charge is 2.17. The molecule has 2 aromatic carbocycles. The first-order chi connectivity index (χ1) is 10.2. The van der Waals surface area contributed by atoms with Crippen LogP contribution in [0.3, 0.4) is 0 Å². The summed E-state index contributed by atoms with van der Waals surface area (Å²) < 4.78 is 29.7. The molecule has 0 saturated heterocycles. The van der Waals surface area contributed by atoms with Gasteiger partial charge in [0.15, 0.2) is 29.4 Å². The van der Waals surface area contributed by atoms with Gasteiger partial charge in [-0.3, -0.25) is 4.79 Å². The molecule has 5 heteroatoms. The molecular formula is C16H15FO4. The van der Waals surface area contributed by atoms with E-state index in [4.69, 9.17) is 14.2 Å². The number of halogens is 1. The number of benzene rings is 2. The fourth-order valence-corrected chi connectivity index (χ4v) is 2.10.